The Balaban J connectivity index is 1.49. The van der Waals surface area contributed by atoms with Crippen molar-refractivity contribution in [1.29, 1.82) is 0 Å². The van der Waals surface area contributed by atoms with Crippen LogP contribution < -0.4 is 10.9 Å². The van der Waals surface area contributed by atoms with Crippen LogP contribution in [0.25, 0.3) is 10.8 Å². The minimum Gasteiger partial charge on any atom is -0.376 e. The Labute approximate surface area is 164 Å². The van der Waals surface area contributed by atoms with E-state index in [0.717, 1.165) is 24.0 Å². The molecule has 1 atom stereocenters. The van der Waals surface area contributed by atoms with Gasteiger partial charge in [-0.05, 0) is 73.5 Å². The van der Waals surface area contributed by atoms with Gasteiger partial charge in [-0.3, -0.25) is 9.59 Å². The molecule has 0 fully saturated rings. The fourth-order valence-corrected chi connectivity index (χ4v) is 4.38. The molecule has 2 N–H and O–H groups in total. The number of pyridine rings is 1. The largest absolute Gasteiger partial charge is 0.376 e. The van der Waals surface area contributed by atoms with Crippen LogP contribution in [0.5, 0.6) is 0 Å². The van der Waals surface area contributed by atoms with Gasteiger partial charge in [-0.15, -0.1) is 0 Å². The van der Waals surface area contributed by atoms with E-state index in [1.165, 1.54) is 22.3 Å². The van der Waals surface area contributed by atoms with Gasteiger partial charge in [-0.2, -0.15) is 0 Å². The van der Waals surface area contributed by atoms with Gasteiger partial charge in [-0.25, -0.2) is 0 Å². The second-order valence-corrected chi connectivity index (χ2v) is 7.63. The second-order valence-electron chi connectivity index (χ2n) is 7.63. The molecular weight excluding hydrogens is 350 g/mol. The predicted molar refractivity (Wildman–Crippen MR) is 113 cm³/mol. The monoisotopic (exact) mass is 375 g/mol. The summed E-state index contributed by atoms with van der Waals surface area (Å²) in [5.74, 6) is 0.0872. The normalized spacial score (nSPS) is 16.1. The van der Waals surface area contributed by atoms with Crippen LogP contribution in [0, 0.1) is 13.8 Å². The first kappa shape index (κ1) is 18.3. The molecule has 0 spiro atoms. The van der Waals surface area contributed by atoms with Gasteiger partial charge in [0.05, 0.1) is 12.6 Å². The first-order valence-corrected chi connectivity index (χ1v) is 9.69. The van der Waals surface area contributed by atoms with Crippen LogP contribution in [0.2, 0.25) is 0 Å². The molecule has 4 rings (SSSR count). The number of hydrogen-bond acceptors (Lipinski definition) is 3. The van der Waals surface area contributed by atoms with Crippen molar-refractivity contribution in [3.05, 3.63) is 75.2 Å². The zero-order valence-electron chi connectivity index (χ0n) is 16.5. The molecule has 2 aromatic carbocycles. The van der Waals surface area contributed by atoms with Crippen molar-refractivity contribution >= 4 is 22.4 Å². The molecule has 0 unspecified atom stereocenters. The molecule has 3 aromatic rings. The first-order valence-electron chi connectivity index (χ1n) is 9.69. The fourth-order valence-electron chi connectivity index (χ4n) is 4.38. The van der Waals surface area contributed by atoms with Crippen molar-refractivity contribution in [1.82, 2.24) is 9.88 Å². The average Bonchev–Trinajstić information content (AvgIpc) is 2.66. The highest BCUT2D eigenvalue weighted by molar-refractivity contribution is 5.86. The Kier molecular flexibility index (Phi) is 4.67. The van der Waals surface area contributed by atoms with E-state index in [1.807, 2.05) is 23.1 Å². The molecule has 1 aromatic heterocycles. The Morgan fingerprint density at radius 3 is 2.86 bits per heavy atom. The number of anilines is 1. The van der Waals surface area contributed by atoms with Crippen LogP contribution in [0.1, 0.15) is 35.2 Å². The number of hydrogen-bond donors (Lipinski definition) is 2. The van der Waals surface area contributed by atoms with E-state index in [2.05, 4.69) is 43.2 Å². The first-order chi connectivity index (χ1) is 13.4. The molecule has 0 bridgehead atoms. The summed E-state index contributed by atoms with van der Waals surface area (Å²) in [4.78, 5) is 29.3. The third kappa shape index (κ3) is 3.28. The Bertz CT molecular complexity index is 1120. The lowest BCUT2D eigenvalue weighted by molar-refractivity contribution is -0.131. The number of amides is 1. The zero-order chi connectivity index (χ0) is 19.8. The van der Waals surface area contributed by atoms with Gasteiger partial charge in [0.1, 0.15) is 0 Å². The van der Waals surface area contributed by atoms with Crippen molar-refractivity contribution in [2.24, 2.45) is 0 Å². The molecular formula is C23H25N3O2. The van der Waals surface area contributed by atoms with Gasteiger partial charge < -0.3 is 15.2 Å². The van der Waals surface area contributed by atoms with Gasteiger partial charge >= 0.3 is 0 Å². The summed E-state index contributed by atoms with van der Waals surface area (Å²) >= 11 is 0. The highest BCUT2D eigenvalue weighted by Gasteiger charge is 2.28. The number of nitrogens with zero attached hydrogens (tertiary/aromatic N) is 1. The minimum atomic E-state index is -0.105. The molecule has 0 aliphatic carbocycles. The second kappa shape index (κ2) is 7.15. The van der Waals surface area contributed by atoms with Crippen LogP contribution >= 0.6 is 0 Å². The van der Waals surface area contributed by atoms with Gasteiger partial charge in [0.15, 0.2) is 0 Å². The summed E-state index contributed by atoms with van der Waals surface area (Å²) in [6.07, 6.45) is 2.53. The Hall–Kier alpha value is -3.08. The Morgan fingerprint density at radius 1 is 1.21 bits per heavy atom. The third-order valence-electron chi connectivity index (χ3n) is 5.66. The highest BCUT2D eigenvalue weighted by Crippen LogP contribution is 2.32. The molecule has 144 valence electrons. The smallest absolute Gasteiger partial charge is 0.255 e. The summed E-state index contributed by atoms with van der Waals surface area (Å²) in [7, 11) is 0. The van der Waals surface area contributed by atoms with E-state index in [-0.39, 0.29) is 24.1 Å². The molecule has 1 aliphatic rings. The fraction of sp³-hybridized carbons (Fsp3) is 0.304. The summed E-state index contributed by atoms with van der Waals surface area (Å²) in [5, 5.41) is 4.72. The molecule has 2 heterocycles. The quantitative estimate of drug-likeness (QED) is 0.734. The van der Waals surface area contributed by atoms with E-state index >= 15 is 0 Å². The van der Waals surface area contributed by atoms with E-state index in [9.17, 15) is 9.59 Å². The lowest BCUT2D eigenvalue weighted by atomic mass is 9.88. The highest BCUT2D eigenvalue weighted by atomic mass is 16.2. The van der Waals surface area contributed by atoms with E-state index in [1.54, 1.807) is 12.3 Å². The lowest BCUT2D eigenvalue weighted by Gasteiger charge is -2.36. The number of aromatic amines is 1. The summed E-state index contributed by atoms with van der Waals surface area (Å²) < 4.78 is 0. The SMILES string of the molecule is Cc1cc(C)c2c(c1)CCN(C(=O)CNc1ccc3c(=O)[nH]ccc3c1)[C@H]2C. The molecule has 28 heavy (non-hydrogen) atoms. The molecule has 5 nitrogen and oxygen atoms in total. The number of fused-ring (bicyclic) bond motifs is 2. The summed E-state index contributed by atoms with van der Waals surface area (Å²) in [6, 6.07) is 11.9. The number of aromatic nitrogens is 1. The van der Waals surface area contributed by atoms with E-state index < -0.39 is 0 Å². The number of benzene rings is 2. The van der Waals surface area contributed by atoms with E-state index in [0.29, 0.717) is 5.39 Å². The number of H-pyrrole nitrogens is 1. The van der Waals surface area contributed by atoms with E-state index in [4.69, 9.17) is 0 Å². The molecule has 0 radical (unpaired) electrons. The van der Waals surface area contributed by atoms with Crippen LogP contribution in [0.3, 0.4) is 0 Å². The van der Waals surface area contributed by atoms with Crippen LogP contribution in [-0.2, 0) is 11.2 Å². The number of carbonyl (C=O) groups excluding carboxylic acids is 1. The van der Waals surface area contributed by atoms with Crippen LogP contribution in [0.15, 0.2) is 47.4 Å². The van der Waals surface area contributed by atoms with Gasteiger partial charge in [0.25, 0.3) is 5.56 Å². The maximum Gasteiger partial charge on any atom is 0.255 e. The lowest BCUT2D eigenvalue weighted by Crippen LogP contribution is -2.42. The number of carbonyl (C=O) groups is 1. The molecule has 0 saturated carbocycles. The maximum absolute atomic E-state index is 12.9. The van der Waals surface area contributed by atoms with Gasteiger partial charge in [0.2, 0.25) is 5.91 Å². The Morgan fingerprint density at radius 2 is 2.04 bits per heavy atom. The number of aryl methyl sites for hydroxylation is 2. The van der Waals surface area contributed by atoms with Crippen molar-refractivity contribution in [3.8, 4) is 0 Å². The maximum atomic E-state index is 12.9. The predicted octanol–water partition coefficient (Wildman–Crippen LogP) is 3.70. The van der Waals surface area contributed by atoms with Crippen molar-refractivity contribution in [3.63, 3.8) is 0 Å². The van der Waals surface area contributed by atoms with Gasteiger partial charge in [-0.1, -0.05) is 17.7 Å². The molecule has 1 amide bonds. The topological polar surface area (TPSA) is 65.2 Å². The van der Waals surface area contributed by atoms with Crippen molar-refractivity contribution in [2.45, 2.75) is 33.2 Å². The standard InChI is InChI=1S/C23H25N3O2/c1-14-10-15(2)22-16(3)26(9-7-18(22)11-14)21(27)13-25-19-4-5-20-17(12-19)6-8-24-23(20)28/h4-6,8,10-12,16,25H,7,9,13H2,1-3H3,(H,24,28)/t16-/m0/s1. The number of rotatable bonds is 3. The molecule has 0 saturated heterocycles. The third-order valence-corrected chi connectivity index (χ3v) is 5.66. The van der Waals surface area contributed by atoms with Crippen LogP contribution in [0.4, 0.5) is 5.69 Å². The molecule has 1 aliphatic heterocycles. The average molecular weight is 375 g/mol. The van der Waals surface area contributed by atoms with Crippen molar-refractivity contribution < 1.29 is 4.79 Å². The van der Waals surface area contributed by atoms with Gasteiger partial charge in [0, 0.05) is 23.8 Å². The number of nitrogens with one attached hydrogen (secondary N) is 2. The molecule has 5 heteroatoms. The van der Waals surface area contributed by atoms with Crippen LogP contribution in [-0.4, -0.2) is 28.9 Å². The summed E-state index contributed by atoms with van der Waals surface area (Å²) in [5.41, 5.74) is 5.92. The van der Waals surface area contributed by atoms with Crippen molar-refractivity contribution in [2.75, 3.05) is 18.4 Å². The summed E-state index contributed by atoms with van der Waals surface area (Å²) in [6.45, 7) is 7.34. The minimum absolute atomic E-state index is 0.0776. The zero-order valence-corrected chi connectivity index (χ0v) is 16.5.